The molecule has 18 heavy (non-hydrogen) atoms. The second kappa shape index (κ2) is 6.39. The van der Waals surface area contributed by atoms with Gasteiger partial charge in [0.2, 0.25) is 0 Å². The fourth-order valence-electron chi connectivity index (χ4n) is 1.53. The highest BCUT2D eigenvalue weighted by Crippen LogP contribution is 2.17. The Morgan fingerprint density at radius 1 is 1.33 bits per heavy atom. The number of carbonyl (C=O) groups is 1. The van der Waals surface area contributed by atoms with Gasteiger partial charge < -0.3 is 10.5 Å². The standard InChI is InChI=1S/C12H14F3NO2/c1-2-18-12(17)8(6-16)3-7-4-9(13)11(15)10(14)5-7/h4-5,8H,2-3,6,16H2,1H3/t8-/m1/s1. The van der Waals surface area contributed by atoms with Crippen LogP contribution in [0.3, 0.4) is 0 Å². The quantitative estimate of drug-likeness (QED) is 0.649. The van der Waals surface area contributed by atoms with E-state index in [1.165, 1.54) is 0 Å². The second-order valence-electron chi connectivity index (χ2n) is 3.76. The summed E-state index contributed by atoms with van der Waals surface area (Å²) in [6.07, 6.45) is 0.00343. The van der Waals surface area contributed by atoms with Crippen LogP contribution in [0.15, 0.2) is 12.1 Å². The number of esters is 1. The molecule has 0 aromatic heterocycles. The first-order valence-electron chi connectivity index (χ1n) is 5.49. The van der Waals surface area contributed by atoms with Gasteiger partial charge in [-0.05, 0) is 31.0 Å². The van der Waals surface area contributed by atoms with Crippen molar-refractivity contribution in [3.63, 3.8) is 0 Å². The largest absolute Gasteiger partial charge is 0.466 e. The lowest BCUT2D eigenvalue weighted by Crippen LogP contribution is -2.27. The maximum Gasteiger partial charge on any atom is 0.310 e. The van der Waals surface area contributed by atoms with E-state index in [2.05, 4.69) is 0 Å². The molecule has 1 atom stereocenters. The van der Waals surface area contributed by atoms with Crippen LogP contribution < -0.4 is 5.73 Å². The Balaban J connectivity index is 2.85. The van der Waals surface area contributed by atoms with Gasteiger partial charge in [-0.1, -0.05) is 0 Å². The van der Waals surface area contributed by atoms with Crippen LogP contribution >= 0.6 is 0 Å². The third-order valence-electron chi connectivity index (χ3n) is 2.43. The Bertz CT molecular complexity index is 414. The summed E-state index contributed by atoms with van der Waals surface area (Å²) in [5, 5.41) is 0. The molecule has 2 N–H and O–H groups in total. The molecule has 0 saturated carbocycles. The third-order valence-corrected chi connectivity index (χ3v) is 2.43. The molecule has 0 aliphatic rings. The topological polar surface area (TPSA) is 52.3 Å². The van der Waals surface area contributed by atoms with E-state index in [0.29, 0.717) is 0 Å². The minimum atomic E-state index is -1.53. The summed E-state index contributed by atoms with van der Waals surface area (Å²) in [5.74, 6) is -5.34. The maximum absolute atomic E-state index is 13.0. The van der Waals surface area contributed by atoms with Crippen LogP contribution in [0.1, 0.15) is 12.5 Å². The zero-order valence-electron chi connectivity index (χ0n) is 9.88. The van der Waals surface area contributed by atoms with Crippen molar-refractivity contribution in [1.29, 1.82) is 0 Å². The van der Waals surface area contributed by atoms with Crippen molar-refractivity contribution < 1.29 is 22.7 Å². The average molecular weight is 261 g/mol. The molecule has 0 bridgehead atoms. The van der Waals surface area contributed by atoms with Gasteiger partial charge in [0.05, 0.1) is 12.5 Å². The van der Waals surface area contributed by atoms with E-state index in [-0.39, 0.29) is 25.1 Å². The van der Waals surface area contributed by atoms with Crippen molar-refractivity contribution in [2.45, 2.75) is 13.3 Å². The summed E-state index contributed by atoms with van der Waals surface area (Å²) in [5.41, 5.74) is 5.56. The number of carbonyl (C=O) groups excluding carboxylic acids is 1. The van der Waals surface area contributed by atoms with Crippen molar-refractivity contribution in [2.75, 3.05) is 13.2 Å². The van der Waals surface area contributed by atoms with Gasteiger partial charge in [0.25, 0.3) is 0 Å². The van der Waals surface area contributed by atoms with Gasteiger partial charge in [0, 0.05) is 6.54 Å². The first-order valence-corrected chi connectivity index (χ1v) is 5.49. The van der Waals surface area contributed by atoms with Crippen LogP contribution in [0, 0.1) is 23.4 Å². The molecule has 6 heteroatoms. The van der Waals surface area contributed by atoms with E-state index < -0.39 is 29.3 Å². The van der Waals surface area contributed by atoms with Gasteiger partial charge in [0.1, 0.15) is 0 Å². The fourth-order valence-corrected chi connectivity index (χ4v) is 1.53. The lowest BCUT2D eigenvalue weighted by atomic mass is 9.99. The Kier molecular flexibility index (Phi) is 5.15. The molecule has 0 aliphatic heterocycles. The van der Waals surface area contributed by atoms with Gasteiger partial charge in [-0.15, -0.1) is 0 Å². The molecule has 0 aliphatic carbocycles. The zero-order valence-corrected chi connectivity index (χ0v) is 9.88. The van der Waals surface area contributed by atoms with E-state index in [4.69, 9.17) is 10.5 Å². The molecule has 3 nitrogen and oxygen atoms in total. The number of halogens is 3. The Morgan fingerprint density at radius 2 is 1.89 bits per heavy atom. The normalized spacial score (nSPS) is 12.3. The third kappa shape index (κ3) is 3.46. The van der Waals surface area contributed by atoms with Crippen molar-refractivity contribution in [3.05, 3.63) is 35.1 Å². The molecule has 1 aromatic rings. The summed E-state index contributed by atoms with van der Waals surface area (Å²) < 4.78 is 43.5. The number of hydrogen-bond acceptors (Lipinski definition) is 3. The van der Waals surface area contributed by atoms with Crippen molar-refractivity contribution in [3.8, 4) is 0 Å². The molecule has 100 valence electrons. The van der Waals surface area contributed by atoms with Crippen LogP contribution in [0.25, 0.3) is 0 Å². The van der Waals surface area contributed by atoms with E-state index >= 15 is 0 Å². The predicted octanol–water partition coefficient (Wildman–Crippen LogP) is 1.78. The Morgan fingerprint density at radius 3 is 2.33 bits per heavy atom. The Hall–Kier alpha value is -1.56. The van der Waals surface area contributed by atoms with Gasteiger partial charge >= 0.3 is 5.97 Å². The number of rotatable bonds is 5. The molecular formula is C12H14F3NO2. The zero-order chi connectivity index (χ0) is 13.7. The highest BCUT2D eigenvalue weighted by atomic mass is 19.2. The molecule has 0 fully saturated rings. The van der Waals surface area contributed by atoms with E-state index in [1.54, 1.807) is 6.92 Å². The number of nitrogens with two attached hydrogens (primary N) is 1. The lowest BCUT2D eigenvalue weighted by Gasteiger charge is -2.13. The number of benzene rings is 1. The number of hydrogen-bond donors (Lipinski definition) is 1. The monoisotopic (exact) mass is 261 g/mol. The first kappa shape index (κ1) is 14.5. The van der Waals surface area contributed by atoms with Crippen LogP contribution in [-0.2, 0) is 16.0 Å². The molecule has 0 amide bonds. The SMILES string of the molecule is CCOC(=O)[C@@H](CN)Cc1cc(F)c(F)c(F)c1. The summed E-state index contributed by atoms with van der Waals surface area (Å²) in [6.45, 7) is 1.82. The molecule has 0 saturated heterocycles. The van der Waals surface area contributed by atoms with Crippen LogP contribution in [-0.4, -0.2) is 19.1 Å². The van der Waals surface area contributed by atoms with Crippen molar-refractivity contribution in [1.82, 2.24) is 0 Å². The lowest BCUT2D eigenvalue weighted by molar-refractivity contribution is -0.147. The molecule has 1 aromatic carbocycles. The molecule has 0 radical (unpaired) electrons. The maximum atomic E-state index is 13.0. The van der Waals surface area contributed by atoms with Gasteiger partial charge in [0.15, 0.2) is 17.5 Å². The number of ether oxygens (including phenoxy) is 1. The highest BCUT2D eigenvalue weighted by molar-refractivity contribution is 5.73. The van der Waals surface area contributed by atoms with Gasteiger partial charge in [-0.25, -0.2) is 13.2 Å². The van der Waals surface area contributed by atoms with Gasteiger partial charge in [-0.3, -0.25) is 4.79 Å². The molecule has 1 rings (SSSR count). The summed E-state index contributed by atoms with van der Waals surface area (Å²) in [7, 11) is 0. The average Bonchev–Trinajstić information content (AvgIpc) is 2.33. The van der Waals surface area contributed by atoms with Crippen LogP contribution in [0.5, 0.6) is 0 Å². The van der Waals surface area contributed by atoms with Crippen LogP contribution in [0.2, 0.25) is 0 Å². The first-order chi connectivity index (χ1) is 8.49. The van der Waals surface area contributed by atoms with Crippen molar-refractivity contribution >= 4 is 5.97 Å². The summed E-state index contributed by atoms with van der Waals surface area (Å²) in [4.78, 5) is 11.5. The minimum absolute atomic E-state index is 0.00343. The highest BCUT2D eigenvalue weighted by Gasteiger charge is 2.20. The predicted molar refractivity (Wildman–Crippen MR) is 59.2 cm³/mol. The second-order valence-corrected chi connectivity index (χ2v) is 3.76. The Labute approximate surface area is 103 Å². The van der Waals surface area contributed by atoms with Gasteiger partial charge in [-0.2, -0.15) is 0 Å². The van der Waals surface area contributed by atoms with Crippen molar-refractivity contribution in [2.24, 2.45) is 11.7 Å². The smallest absolute Gasteiger partial charge is 0.310 e. The van der Waals surface area contributed by atoms with E-state index in [0.717, 1.165) is 12.1 Å². The van der Waals surface area contributed by atoms with Crippen LogP contribution in [0.4, 0.5) is 13.2 Å². The summed E-state index contributed by atoms with van der Waals surface area (Å²) >= 11 is 0. The van der Waals surface area contributed by atoms with E-state index in [1.807, 2.05) is 0 Å². The minimum Gasteiger partial charge on any atom is -0.466 e. The van der Waals surface area contributed by atoms with E-state index in [9.17, 15) is 18.0 Å². The molecule has 0 unspecified atom stereocenters. The molecular weight excluding hydrogens is 247 g/mol. The fraction of sp³-hybridized carbons (Fsp3) is 0.417. The summed E-state index contributed by atoms with van der Waals surface area (Å²) in [6, 6.07) is 1.70. The molecule has 0 spiro atoms. The molecule has 0 heterocycles.